The van der Waals surface area contributed by atoms with Crippen LogP contribution in [-0.4, -0.2) is 22.6 Å². The number of pyridine rings is 1. The van der Waals surface area contributed by atoms with Crippen LogP contribution in [0.5, 0.6) is 0 Å². The fourth-order valence-electron chi connectivity index (χ4n) is 3.84. The van der Waals surface area contributed by atoms with Gasteiger partial charge in [0.05, 0.1) is 5.69 Å². The van der Waals surface area contributed by atoms with Crippen LogP contribution in [0.25, 0.3) is 10.8 Å². The van der Waals surface area contributed by atoms with E-state index in [1.165, 1.54) is 6.42 Å². The fourth-order valence-corrected chi connectivity index (χ4v) is 3.84. The van der Waals surface area contributed by atoms with Crippen molar-refractivity contribution in [3.8, 4) is 0 Å². The molecular formula is C17H20N6O. The summed E-state index contributed by atoms with van der Waals surface area (Å²) in [7, 11) is 0. The highest BCUT2D eigenvalue weighted by Crippen LogP contribution is 2.41. The van der Waals surface area contributed by atoms with Crippen LogP contribution in [0.1, 0.15) is 32.1 Å². The first-order valence-electron chi connectivity index (χ1n) is 8.20. The van der Waals surface area contributed by atoms with Gasteiger partial charge in [0.25, 0.3) is 0 Å². The number of aromatic amines is 1. The van der Waals surface area contributed by atoms with Crippen LogP contribution < -0.4 is 21.9 Å². The number of benzene rings is 1. The molecule has 1 aliphatic heterocycles. The summed E-state index contributed by atoms with van der Waals surface area (Å²) in [4.78, 5) is 25.4. The molecule has 0 amide bonds. The van der Waals surface area contributed by atoms with Gasteiger partial charge in [-0.15, -0.1) is 0 Å². The Morgan fingerprint density at radius 1 is 1.17 bits per heavy atom. The second kappa shape index (κ2) is 5.36. The van der Waals surface area contributed by atoms with Gasteiger partial charge in [-0.25, -0.2) is 4.99 Å². The van der Waals surface area contributed by atoms with Gasteiger partial charge in [0, 0.05) is 23.0 Å². The van der Waals surface area contributed by atoms with E-state index in [2.05, 4.69) is 15.0 Å². The Kier molecular flexibility index (Phi) is 3.30. The van der Waals surface area contributed by atoms with Crippen molar-refractivity contribution in [3.63, 3.8) is 0 Å². The van der Waals surface area contributed by atoms with Crippen molar-refractivity contribution in [1.29, 1.82) is 0 Å². The number of fused-ring (bicyclic) bond motifs is 1. The fraction of sp³-hybridized carbons (Fsp3) is 0.353. The smallest absolute Gasteiger partial charge is 0.248 e. The minimum absolute atomic E-state index is 0.150. The molecule has 1 spiro atoms. The zero-order valence-corrected chi connectivity index (χ0v) is 13.3. The summed E-state index contributed by atoms with van der Waals surface area (Å²) in [6.45, 7) is 0. The first-order chi connectivity index (χ1) is 11.6. The number of hydrogen-bond donors (Lipinski definition) is 3. The largest absolute Gasteiger partial charge is 0.369 e. The molecule has 1 saturated carbocycles. The molecule has 7 nitrogen and oxygen atoms in total. The van der Waals surface area contributed by atoms with E-state index in [-0.39, 0.29) is 11.5 Å². The summed E-state index contributed by atoms with van der Waals surface area (Å²) in [6.07, 6.45) is 6.74. The lowest BCUT2D eigenvalue weighted by Gasteiger charge is -2.45. The molecule has 0 bridgehead atoms. The van der Waals surface area contributed by atoms with Crippen molar-refractivity contribution in [2.75, 3.05) is 4.90 Å². The Bertz CT molecular complexity index is 907. The van der Waals surface area contributed by atoms with Gasteiger partial charge in [-0.2, -0.15) is 4.99 Å². The van der Waals surface area contributed by atoms with E-state index in [0.29, 0.717) is 5.96 Å². The number of nitrogens with two attached hydrogens (primary N) is 2. The maximum Gasteiger partial charge on any atom is 0.248 e. The summed E-state index contributed by atoms with van der Waals surface area (Å²) in [5.41, 5.74) is 12.4. The first-order valence-corrected chi connectivity index (χ1v) is 8.20. The van der Waals surface area contributed by atoms with E-state index in [0.717, 1.165) is 42.1 Å². The average Bonchev–Trinajstić information content (AvgIpc) is 2.55. The summed E-state index contributed by atoms with van der Waals surface area (Å²) in [5, 5.41) is 1.77. The van der Waals surface area contributed by atoms with E-state index in [4.69, 9.17) is 11.5 Å². The van der Waals surface area contributed by atoms with Crippen molar-refractivity contribution >= 4 is 28.4 Å². The molecule has 24 heavy (non-hydrogen) atoms. The zero-order chi connectivity index (χ0) is 16.7. The van der Waals surface area contributed by atoms with Crippen LogP contribution in [0.15, 0.2) is 45.2 Å². The first kappa shape index (κ1) is 14.7. The molecule has 2 aromatic rings. The molecule has 1 aromatic heterocycles. The number of aromatic nitrogens is 1. The molecule has 2 aliphatic rings. The highest BCUT2D eigenvalue weighted by atomic mass is 16.1. The van der Waals surface area contributed by atoms with Crippen molar-refractivity contribution in [3.05, 3.63) is 40.8 Å². The number of nitrogens with one attached hydrogen (secondary N) is 1. The van der Waals surface area contributed by atoms with Crippen molar-refractivity contribution in [2.45, 2.75) is 37.8 Å². The molecular weight excluding hydrogens is 304 g/mol. The highest BCUT2D eigenvalue weighted by Gasteiger charge is 2.43. The minimum Gasteiger partial charge on any atom is -0.369 e. The lowest BCUT2D eigenvalue weighted by atomic mass is 9.87. The van der Waals surface area contributed by atoms with Crippen LogP contribution in [-0.2, 0) is 0 Å². The monoisotopic (exact) mass is 324 g/mol. The maximum absolute atomic E-state index is 11.8. The Labute approximate surface area is 139 Å². The van der Waals surface area contributed by atoms with Crippen molar-refractivity contribution < 1.29 is 0 Å². The maximum atomic E-state index is 11.8. The molecule has 0 unspecified atom stereocenters. The Hall–Kier alpha value is -2.83. The van der Waals surface area contributed by atoms with E-state index in [1.807, 2.05) is 23.1 Å². The van der Waals surface area contributed by atoms with Gasteiger partial charge < -0.3 is 16.5 Å². The van der Waals surface area contributed by atoms with Crippen molar-refractivity contribution in [2.24, 2.45) is 21.5 Å². The zero-order valence-electron chi connectivity index (χ0n) is 13.3. The third-order valence-corrected chi connectivity index (χ3v) is 4.85. The van der Waals surface area contributed by atoms with Crippen LogP contribution in [0.4, 0.5) is 5.69 Å². The van der Waals surface area contributed by atoms with Crippen LogP contribution >= 0.6 is 0 Å². The van der Waals surface area contributed by atoms with Gasteiger partial charge in [-0.05, 0) is 31.7 Å². The molecule has 124 valence electrons. The van der Waals surface area contributed by atoms with Crippen LogP contribution in [0.3, 0.4) is 0 Å². The normalized spacial score (nSPS) is 20.1. The summed E-state index contributed by atoms with van der Waals surface area (Å²) < 4.78 is 0. The van der Waals surface area contributed by atoms with Gasteiger partial charge in [0.1, 0.15) is 5.66 Å². The SMILES string of the molecule is NC1=NC2(CCCCC2)N(c2cccc3c[nH]c(=O)cc23)C(N)=N1. The molecule has 4 rings (SSSR count). The van der Waals surface area contributed by atoms with E-state index < -0.39 is 5.66 Å². The number of rotatable bonds is 1. The average molecular weight is 324 g/mol. The molecule has 1 fully saturated rings. The quantitative estimate of drug-likeness (QED) is 0.740. The Balaban J connectivity index is 1.95. The third kappa shape index (κ3) is 2.24. The number of guanidine groups is 2. The third-order valence-electron chi connectivity index (χ3n) is 4.85. The lowest BCUT2D eigenvalue weighted by molar-refractivity contribution is 0.306. The Morgan fingerprint density at radius 3 is 2.75 bits per heavy atom. The minimum atomic E-state index is -0.509. The number of H-pyrrole nitrogens is 1. The van der Waals surface area contributed by atoms with Crippen molar-refractivity contribution in [1.82, 2.24) is 4.98 Å². The Morgan fingerprint density at radius 2 is 1.96 bits per heavy atom. The molecule has 1 aromatic carbocycles. The summed E-state index contributed by atoms with van der Waals surface area (Å²) >= 11 is 0. The lowest BCUT2D eigenvalue weighted by Crippen LogP contribution is -2.58. The molecule has 0 saturated heterocycles. The standard InChI is InChI=1S/C17H20N6O/c18-15-21-16(19)23(17(22-15)7-2-1-3-8-17)13-6-4-5-11-10-20-14(24)9-12(11)13/h4-6,9-10H,1-3,7-8H2,(H,20,24)(H4,18,19,21,22). The number of anilines is 1. The molecule has 0 atom stereocenters. The summed E-state index contributed by atoms with van der Waals surface area (Å²) in [6, 6.07) is 7.45. The molecule has 5 N–H and O–H groups in total. The van der Waals surface area contributed by atoms with Gasteiger partial charge >= 0.3 is 0 Å². The molecule has 0 radical (unpaired) electrons. The van der Waals surface area contributed by atoms with Gasteiger partial charge in [-0.1, -0.05) is 18.6 Å². The van der Waals surface area contributed by atoms with Gasteiger partial charge in [0.15, 0.2) is 0 Å². The molecule has 1 aliphatic carbocycles. The van der Waals surface area contributed by atoms with Gasteiger partial charge in [0.2, 0.25) is 17.5 Å². The second-order valence-electron chi connectivity index (χ2n) is 6.40. The van der Waals surface area contributed by atoms with E-state index >= 15 is 0 Å². The predicted molar refractivity (Wildman–Crippen MR) is 96.1 cm³/mol. The number of nitrogens with zero attached hydrogens (tertiary/aromatic N) is 3. The number of aliphatic imine (C=N–C) groups is 2. The molecule has 7 heteroatoms. The predicted octanol–water partition coefficient (Wildman–Crippen LogP) is 1.64. The molecule has 2 heterocycles. The number of hydrogen-bond acceptors (Lipinski definition) is 6. The summed E-state index contributed by atoms with van der Waals surface area (Å²) in [5.74, 6) is 0.556. The van der Waals surface area contributed by atoms with E-state index in [1.54, 1.807) is 12.3 Å². The van der Waals surface area contributed by atoms with Crippen LogP contribution in [0.2, 0.25) is 0 Å². The second-order valence-corrected chi connectivity index (χ2v) is 6.40. The highest BCUT2D eigenvalue weighted by molar-refractivity contribution is 6.10. The topological polar surface area (TPSA) is 113 Å². The van der Waals surface area contributed by atoms with E-state index in [9.17, 15) is 4.79 Å². The van der Waals surface area contributed by atoms with Gasteiger partial charge in [-0.3, -0.25) is 9.69 Å². The van der Waals surface area contributed by atoms with Crippen LogP contribution in [0, 0.1) is 0 Å².